The van der Waals surface area contributed by atoms with E-state index in [1.165, 1.54) is 71.1 Å². The quantitative estimate of drug-likeness (QED) is 0.646. The maximum atomic E-state index is 2.85. The summed E-state index contributed by atoms with van der Waals surface area (Å²) in [7, 11) is 0. The number of hydrogen-bond donors (Lipinski definition) is 0. The average molecular weight is 236 g/mol. The molecule has 1 saturated carbocycles. The van der Waals surface area contributed by atoms with E-state index in [9.17, 15) is 0 Å². The smallest absolute Gasteiger partial charge is 0.0224 e. The Balaban J connectivity index is 1.62. The van der Waals surface area contributed by atoms with E-state index in [1.54, 1.807) is 0 Å². The third-order valence-corrected chi connectivity index (χ3v) is 5.40. The molecule has 0 bridgehead atoms. The van der Waals surface area contributed by atoms with Gasteiger partial charge in [0.15, 0.2) is 0 Å². The molecule has 3 rings (SSSR count). The van der Waals surface area contributed by atoms with Crippen LogP contribution >= 0.6 is 0 Å². The van der Waals surface area contributed by atoms with Gasteiger partial charge < -0.3 is 0 Å². The highest BCUT2D eigenvalue weighted by Crippen LogP contribution is 2.30. The van der Waals surface area contributed by atoms with Crippen LogP contribution in [0.1, 0.15) is 51.9 Å². The van der Waals surface area contributed by atoms with Crippen molar-refractivity contribution in [2.45, 2.75) is 64.0 Å². The first-order valence-electron chi connectivity index (χ1n) is 7.82. The van der Waals surface area contributed by atoms with Crippen molar-refractivity contribution in [3.8, 4) is 0 Å². The molecular weight excluding hydrogens is 208 g/mol. The first kappa shape index (κ1) is 12.0. The summed E-state index contributed by atoms with van der Waals surface area (Å²) in [6, 6.07) is 1.81. The molecule has 0 N–H and O–H groups in total. The second-order valence-corrected chi connectivity index (χ2v) is 6.51. The van der Waals surface area contributed by atoms with Crippen molar-refractivity contribution in [3.05, 3.63) is 0 Å². The Hall–Kier alpha value is -0.0800. The summed E-state index contributed by atoms with van der Waals surface area (Å²) in [5.41, 5.74) is 0. The van der Waals surface area contributed by atoms with Crippen LogP contribution in [0.3, 0.4) is 0 Å². The van der Waals surface area contributed by atoms with Crippen molar-refractivity contribution >= 4 is 0 Å². The van der Waals surface area contributed by atoms with Gasteiger partial charge in [-0.25, -0.2) is 0 Å². The molecule has 17 heavy (non-hydrogen) atoms. The van der Waals surface area contributed by atoms with E-state index in [2.05, 4.69) is 16.7 Å². The van der Waals surface area contributed by atoms with Gasteiger partial charge in [-0.3, -0.25) is 9.80 Å². The van der Waals surface area contributed by atoms with Crippen LogP contribution in [0, 0.1) is 5.92 Å². The lowest BCUT2D eigenvalue weighted by Crippen LogP contribution is -2.54. The molecule has 0 aromatic rings. The summed E-state index contributed by atoms with van der Waals surface area (Å²) < 4.78 is 0. The molecule has 0 amide bonds. The zero-order valence-electron chi connectivity index (χ0n) is 11.4. The normalized spacial score (nSPS) is 41.1. The van der Waals surface area contributed by atoms with Crippen molar-refractivity contribution in [1.82, 2.24) is 9.80 Å². The minimum atomic E-state index is 0.902. The fourth-order valence-corrected chi connectivity index (χ4v) is 4.33. The molecule has 2 heterocycles. The molecule has 0 spiro atoms. The van der Waals surface area contributed by atoms with Gasteiger partial charge in [0.25, 0.3) is 0 Å². The van der Waals surface area contributed by atoms with E-state index >= 15 is 0 Å². The summed E-state index contributed by atoms with van der Waals surface area (Å²) >= 11 is 0. The van der Waals surface area contributed by atoms with Crippen LogP contribution in [0.15, 0.2) is 0 Å². The molecule has 2 saturated heterocycles. The lowest BCUT2D eigenvalue weighted by atomic mass is 9.94. The SMILES string of the molecule is CC1CCCCCC1N1CCN2CCCC2C1. The van der Waals surface area contributed by atoms with E-state index in [-0.39, 0.29) is 0 Å². The van der Waals surface area contributed by atoms with Crippen LogP contribution in [0.5, 0.6) is 0 Å². The van der Waals surface area contributed by atoms with Gasteiger partial charge in [0.1, 0.15) is 0 Å². The Morgan fingerprint density at radius 3 is 2.53 bits per heavy atom. The number of fused-ring (bicyclic) bond motifs is 1. The monoisotopic (exact) mass is 236 g/mol. The average Bonchev–Trinajstić information content (AvgIpc) is 2.70. The Morgan fingerprint density at radius 1 is 0.765 bits per heavy atom. The molecule has 0 aromatic carbocycles. The van der Waals surface area contributed by atoms with Crippen molar-refractivity contribution in [2.24, 2.45) is 5.92 Å². The Kier molecular flexibility index (Phi) is 3.72. The maximum Gasteiger partial charge on any atom is 0.0224 e. The summed E-state index contributed by atoms with van der Waals surface area (Å²) in [6.07, 6.45) is 10.3. The van der Waals surface area contributed by atoms with E-state index in [0.29, 0.717) is 0 Å². The number of hydrogen-bond acceptors (Lipinski definition) is 2. The van der Waals surface area contributed by atoms with E-state index in [0.717, 1.165) is 18.0 Å². The fourth-order valence-electron chi connectivity index (χ4n) is 4.33. The molecule has 0 aromatic heterocycles. The van der Waals surface area contributed by atoms with E-state index in [4.69, 9.17) is 0 Å². The lowest BCUT2D eigenvalue weighted by molar-refractivity contribution is 0.0487. The standard InChI is InChI=1S/C15H28N2/c1-13-6-3-2-4-8-15(13)17-11-10-16-9-5-7-14(16)12-17/h13-15H,2-12H2,1H3. The van der Waals surface area contributed by atoms with E-state index in [1.807, 2.05) is 0 Å². The van der Waals surface area contributed by atoms with Crippen LogP contribution < -0.4 is 0 Å². The van der Waals surface area contributed by atoms with Gasteiger partial charge in [-0.15, -0.1) is 0 Å². The molecule has 0 radical (unpaired) electrons. The van der Waals surface area contributed by atoms with Crippen LogP contribution in [0.2, 0.25) is 0 Å². The third kappa shape index (κ3) is 2.53. The summed E-state index contributed by atoms with van der Waals surface area (Å²) in [4.78, 5) is 5.58. The topological polar surface area (TPSA) is 6.48 Å². The van der Waals surface area contributed by atoms with Crippen molar-refractivity contribution in [2.75, 3.05) is 26.2 Å². The first-order valence-corrected chi connectivity index (χ1v) is 7.82. The second-order valence-electron chi connectivity index (χ2n) is 6.51. The van der Waals surface area contributed by atoms with Gasteiger partial charge in [0.05, 0.1) is 0 Å². The van der Waals surface area contributed by atoms with Gasteiger partial charge in [0, 0.05) is 31.7 Å². The number of nitrogens with zero attached hydrogens (tertiary/aromatic N) is 2. The van der Waals surface area contributed by atoms with Gasteiger partial charge in [-0.2, -0.15) is 0 Å². The molecule has 2 nitrogen and oxygen atoms in total. The zero-order chi connectivity index (χ0) is 11.7. The van der Waals surface area contributed by atoms with Gasteiger partial charge in [0.2, 0.25) is 0 Å². The highest BCUT2D eigenvalue weighted by molar-refractivity contribution is 4.91. The molecule has 2 heteroatoms. The predicted octanol–water partition coefficient (Wildman–Crippen LogP) is 2.74. The molecule has 98 valence electrons. The first-order chi connectivity index (χ1) is 8.34. The summed E-state index contributed by atoms with van der Waals surface area (Å²) in [6.45, 7) is 7.92. The van der Waals surface area contributed by atoms with Crippen LogP contribution in [-0.2, 0) is 0 Å². The Morgan fingerprint density at radius 2 is 1.59 bits per heavy atom. The largest absolute Gasteiger partial charge is 0.298 e. The molecular formula is C15H28N2. The van der Waals surface area contributed by atoms with Gasteiger partial charge >= 0.3 is 0 Å². The highest BCUT2D eigenvalue weighted by Gasteiger charge is 2.35. The molecule has 1 aliphatic carbocycles. The van der Waals surface area contributed by atoms with Crippen LogP contribution in [0.4, 0.5) is 0 Å². The Bertz CT molecular complexity index is 253. The highest BCUT2D eigenvalue weighted by atomic mass is 15.3. The Labute approximate surface area is 106 Å². The summed E-state index contributed by atoms with van der Waals surface area (Å²) in [5, 5.41) is 0. The van der Waals surface area contributed by atoms with Gasteiger partial charge in [-0.1, -0.05) is 26.2 Å². The van der Waals surface area contributed by atoms with Crippen molar-refractivity contribution < 1.29 is 0 Å². The minimum Gasteiger partial charge on any atom is -0.298 e. The second kappa shape index (κ2) is 5.27. The zero-order valence-corrected chi connectivity index (χ0v) is 11.4. The lowest BCUT2D eigenvalue weighted by Gasteiger charge is -2.43. The maximum absolute atomic E-state index is 2.85. The summed E-state index contributed by atoms with van der Waals surface area (Å²) in [5.74, 6) is 0.936. The predicted molar refractivity (Wildman–Crippen MR) is 72.2 cm³/mol. The van der Waals surface area contributed by atoms with Crippen LogP contribution in [-0.4, -0.2) is 48.1 Å². The fraction of sp³-hybridized carbons (Fsp3) is 1.00. The molecule has 3 aliphatic rings. The van der Waals surface area contributed by atoms with E-state index < -0.39 is 0 Å². The van der Waals surface area contributed by atoms with Gasteiger partial charge in [-0.05, 0) is 38.1 Å². The van der Waals surface area contributed by atoms with Crippen LogP contribution in [0.25, 0.3) is 0 Å². The van der Waals surface area contributed by atoms with Crippen molar-refractivity contribution in [1.29, 1.82) is 0 Å². The molecule has 3 atom stereocenters. The number of piperazine rings is 1. The molecule has 3 unspecified atom stereocenters. The molecule has 3 fully saturated rings. The molecule has 2 aliphatic heterocycles. The van der Waals surface area contributed by atoms with Crippen molar-refractivity contribution in [3.63, 3.8) is 0 Å². The third-order valence-electron chi connectivity index (χ3n) is 5.40. The number of rotatable bonds is 1. The minimum absolute atomic E-state index is 0.902.